The Hall–Kier alpha value is -3.37. The van der Waals surface area contributed by atoms with E-state index in [1.54, 1.807) is 65.0 Å². The Morgan fingerprint density at radius 1 is 1.18 bits per heavy atom. The molecular weight excluding hydrogens is 466 g/mol. The van der Waals surface area contributed by atoms with Gasteiger partial charge in [0, 0.05) is 17.2 Å². The predicted molar refractivity (Wildman–Crippen MR) is 124 cm³/mol. The van der Waals surface area contributed by atoms with Crippen LogP contribution < -0.4 is 5.32 Å². The molecule has 1 amide bonds. The Morgan fingerprint density at radius 3 is 2.73 bits per heavy atom. The van der Waals surface area contributed by atoms with Gasteiger partial charge in [-0.25, -0.2) is 17.8 Å². The molecule has 1 aromatic carbocycles. The summed E-state index contributed by atoms with van der Waals surface area (Å²) < 4.78 is 32.6. The summed E-state index contributed by atoms with van der Waals surface area (Å²) in [6.45, 7) is 1.79. The minimum absolute atomic E-state index is 0.00300. The van der Waals surface area contributed by atoms with Crippen LogP contribution in [0.4, 0.5) is 5.82 Å². The highest BCUT2D eigenvalue weighted by Crippen LogP contribution is 2.29. The number of anilines is 1. The number of aromatic nitrogens is 4. The maximum absolute atomic E-state index is 13.1. The molecule has 1 fully saturated rings. The molecule has 9 nitrogen and oxygen atoms in total. The van der Waals surface area contributed by atoms with Crippen LogP contribution in [0.25, 0.3) is 17.1 Å². The van der Waals surface area contributed by atoms with Crippen molar-refractivity contribution >= 4 is 33.2 Å². The van der Waals surface area contributed by atoms with E-state index in [-0.39, 0.29) is 23.2 Å². The molecule has 0 aliphatic carbocycles. The second-order valence-corrected chi connectivity index (χ2v) is 10.6. The standard InChI is InChI=1S/C22H20ClN5O4S/c1-14-10-21(28(25-14)17-7-9-33(30,31)13-17)24-22(29)18-12-19(20-6-3-8-32-20)27(26-18)16-5-2-4-15(23)11-16/h2-6,8,10-12,17H,7,9,13H2,1H3,(H,24,29). The summed E-state index contributed by atoms with van der Waals surface area (Å²) in [5, 5.41) is 12.3. The summed E-state index contributed by atoms with van der Waals surface area (Å²) in [5.74, 6) is 0.629. The molecule has 1 unspecified atom stereocenters. The molecule has 5 rings (SSSR count). The number of carbonyl (C=O) groups is 1. The van der Waals surface area contributed by atoms with Gasteiger partial charge in [0.25, 0.3) is 5.91 Å². The first kappa shape index (κ1) is 21.5. The Labute approximate surface area is 194 Å². The average molecular weight is 486 g/mol. The summed E-state index contributed by atoms with van der Waals surface area (Å²) in [6, 6.07) is 13.7. The van der Waals surface area contributed by atoms with E-state index in [4.69, 9.17) is 16.0 Å². The highest BCUT2D eigenvalue weighted by molar-refractivity contribution is 7.91. The van der Waals surface area contributed by atoms with Gasteiger partial charge in [-0.1, -0.05) is 17.7 Å². The van der Waals surface area contributed by atoms with E-state index in [2.05, 4.69) is 15.5 Å². The maximum atomic E-state index is 13.1. The average Bonchev–Trinajstić information content (AvgIpc) is 3.53. The molecule has 0 saturated carbocycles. The summed E-state index contributed by atoms with van der Waals surface area (Å²) in [5.41, 5.74) is 2.09. The largest absolute Gasteiger partial charge is 0.463 e. The highest BCUT2D eigenvalue weighted by Gasteiger charge is 2.31. The fourth-order valence-corrected chi connectivity index (χ4v) is 5.81. The van der Waals surface area contributed by atoms with Gasteiger partial charge in [-0.05, 0) is 43.7 Å². The van der Waals surface area contributed by atoms with Crippen LogP contribution in [-0.2, 0) is 9.84 Å². The number of hydrogen-bond acceptors (Lipinski definition) is 6. The third kappa shape index (κ3) is 4.31. The molecule has 0 bridgehead atoms. The van der Waals surface area contributed by atoms with E-state index in [0.717, 1.165) is 0 Å². The smallest absolute Gasteiger partial charge is 0.277 e. The number of rotatable bonds is 5. The first-order valence-corrected chi connectivity index (χ1v) is 12.5. The van der Waals surface area contributed by atoms with E-state index >= 15 is 0 Å². The lowest BCUT2D eigenvalue weighted by Gasteiger charge is -2.13. The lowest BCUT2D eigenvalue weighted by molar-refractivity contribution is 0.102. The Morgan fingerprint density at radius 2 is 2.03 bits per heavy atom. The van der Waals surface area contributed by atoms with Gasteiger partial charge < -0.3 is 9.73 Å². The van der Waals surface area contributed by atoms with Gasteiger partial charge in [-0.2, -0.15) is 10.2 Å². The SMILES string of the molecule is Cc1cc(NC(=O)c2cc(-c3ccco3)n(-c3cccc(Cl)c3)n2)n(C2CCS(=O)(=O)C2)n1. The van der Waals surface area contributed by atoms with Crippen molar-refractivity contribution in [2.24, 2.45) is 0 Å². The van der Waals surface area contributed by atoms with Crippen molar-refractivity contribution in [3.05, 3.63) is 71.2 Å². The number of aryl methyl sites for hydroxylation is 1. The summed E-state index contributed by atoms with van der Waals surface area (Å²) >= 11 is 6.15. The van der Waals surface area contributed by atoms with Gasteiger partial charge >= 0.3 is 0 Å². The molecule has 1 aliphatic heterocycles. The van der Waals surface area contributed by atoms with Gasteiger partial charge in [-0.3, -0.25) is 4.79 Å². The van der Waals surface area contributed by atoms with Crippen molar-refractivity contribution in [3.63, 3.8) is 0 Å². The summed E-state index contributed by atoms with van der Waals surface area (Å²) in [7, 11) is -3.10. The van der Waals surface area contributed by atoms with Crippen LogP contribution in [0.2, 0.25) is 5.02 Å². The zero-order valence-electron chi connectivity index (χ0n) is 17.6. The van der Waals surface area contributed by atoms with Crippen molar-refractivity contribution in [2.75, 3.05) is 16.8 Å². The van der Waals surface area contributed by atoms with Gasteiger partial charge in [-0.15, -0.1) is 0 Å². The topological polar surface area (TPSA) is 112 Å². The molecule has 4 heterocycles. The highest BCUT2D eigenvalue weighted by atomic mass is 35.5. The predicted octanol–water partition coefficient (Wildman–Crippen LogP) is 3.90. The Kier molecular flexibility index (Phi) is 5.34. The molecule has 170 valence electrons. The molecule has 11 heteroatoms. The van der Waals surface area contributed by atoms with E-state index in [0.29, 0.717) is 40.1 Å². The molecule has 0 radical (unpaired) electrons. The number of benzene rings is 1. The lowest BCUT2D eigenvalue weighted by Crippen LogP contribution is -2.20. The van der Waals surface area contributed by atoms with Crippen molar-refractivity contribution in [2.45, 2.75) is 19.4 Å². The number of hydrogen-bond donors (Lipinski definition) is 1. The van der Waals surface area contributed by atoms with Crippen molar-refractivity contribution in [3.8, 4) is 17.1 Å². The van der Waals surface area contributed by atoms with Gasteiger partial charge in [0.05, 0.1) is 35.2 Å². The fourth-order valence-electron chi connectivity index (χ4n) is 3.93. The van der Waals surface area contributed by atoms with E-state index < -0.39 is 15.7 Å². The molecule has 0 spiro atoms. The molecule has 1 atom stereocenters. The number of furan rings is 1. The maximum Gasteiger partial charge on any atom is 0.277 e. The third-order valence-corrected chi connectivity index (χ3v) is 7.41. The molecule has 4 aromatic rings. The van der Waals surface area contributed by atoms with E-state index in [9.17, 15) is 13.2 Å². The Balaban J connectivity index is 1.49. The molecule has 3 aromatic heterocycles. The molecule has 1 saturated heterocycles. The van der Waals surface area contributed by atoms with Gasteiger partial charge in [0.15, 0.2) is 21.3 Å². The molecular formula is C22H20ClN5O4S. The van der Waals surface area contributed by atoms with E-state index in [1.807, 2.05) is 6.07 Å². The summed E-state index contributed by atoms with van der Waals surface area (Å²) in [4.78, 5) is 13.1. The summed E-state index contributed by atoms with van der Waals surface area (Å²) in [6.07, 6.45) is 2.00. The minimum atomic E-state index is -3.10. The van der Waals surface area contributed by atoms with Crippen LogP contribution in [0.15, 0.2) is 59.2 Å². The van der Waals surface area contributed by atoms with Crippen LogP contribution in [0.5, 0.6) is 0 Å². The number of halogens is 1. The van der Waals surface area contributed by atoms with E-state index in [1.165, 1.54) is 0 Å². The molecule has 33 heavy (non-hydrogen) atoms. The first-order valence-electron chi connectivity index (χ1n) is 10.3. The van der Waals surface area contributed by atoms with Crippen LogP contribution >= 0.6 is 11.6 Å². The van der Waals surface area contributed by atoms with Crippen LogP contribution in [0.3, 0.4) is 0 Å². The second-order valence-electron chi connectivity index (χ2n) is 7.91. The molecule has 1 N–H and O–H groups in total. The van der Waals surface area contributed by atoms with Crippen molar-refractivity contribution in [1.82, 2.24) is 19.6 Å². The molecule has 1 aliphatic rings. The van der Waals surface area contributed by atoms with Crippen molar-refractivity contribution < 1.29 is 17.6 Å². The number of nitrogens with zero attached hydrogens (tertiary/aromatic N) is 4. The van der Waals surface area contributed by atoms with Crippen molar-refractivity contribution in [1.29, 1.82) is 0 Å². The number of nitrogens with one attached hydrogen (secondary N) is 1. The fraction of sp³-hybridized carbons (Fsp3) is 0.227. The minimum Gasteiger partial charge on any atom is -0.463 e. The van der Waals surface area contributed by atoms with Gasteiger partial charge in [0.1, 0.15) is 11.5 Å². The van der Waals surface area contributed by atoms with Crippen LogP contribution in [-0.4, -0.2) is 45.4 Å². The van der Waals surface area contributed by atoms with Crippen LogP contribution in [0, 0.1) is 6.92 Å². The number of sulfone groups is 1. The Bertz CT molecular complexity index is 1440. The number of carbonyl (C=O) groups excluding carboxylic acids is 1. The lowest BCUT2D eigenvalue weighted by atomic mass is 10.2. The third-order valence-electron chi connectivity index (χ3n) is 5.42. The first-order chi connectivity index (χ1) is 15.8. The number of amides is 1. The zero-order valence-corrected chi connectivity index (χ0v) is 19.2. The quantitative estimate of drug-likeness (QED) is 0.458. The monoisotopic (exact) mass is 485 g/mol. The zero-order chi connectivity index (χ0) is 23.2. The van der Waals surface area contributed by atoms with Gasteiger partial charge in [0.2, 0.25) is 0 Å². The normalized spacial score (nSPS) is 17.3. The van der Waals surface area contributed by atoms with Crippen LogP contribution in [0.1, 0.15) is 28.6 Å². The second kappa shape index (κ2) is 8.20.